The van der Waals surface area contributed by atoms with Crippen molar-refractivity contribution in [2.75, 3.05) is 6.61 Å². The van der Waals surface area contributed by atoms with E-state index in [2.05, 4.69) is 14.8 Å². The molecule has 1 heterocycles. The predicted molar refractivity (Wildman–Crippen MR) is 89.2 cm³/mol. The quantitative estimate of drug-likeness (QED) is 0.469. The predicted octanol–water partition coefficient (Wildman–Crippen LogP) is 1.47. The molecule has 0 aliphatic heterocycles. The minimum Gasteiger partial charge on any atom is -1.00 e. The van der Waals surface area contributed by atoms with E-state index in [1.165, 1.54) is 0 Å². The monoisotopic (exact) mass is 383 g/mol. The molecular weight excluding hydrogens is 366 g/mol. The molecule has 0 unspecified atom stereocenters. The lowest BCUT2D eigenvalue weighted by atomic mass is 10.3. The summed E-state index contributed by atoms with van der Waals surface area (Å²) in [5.41, 5.74) is 1.64. The molecule has 1 aromatic heterocycles. The largest absolute Gasteiger partial charge is 1.00 e. The van der Waals surface area contributed by atoms with Gasteiger partial charge in [-0.3, -0.25) is 0 Å². The maximum absolute atomic E-state index is 5.73. The summed E-state index contributed by atoms with van der Waals surface area (Å²) in [7, 11) is 0. The van der Waals surface area contributed by atoms with Gasteiger partial charge in [0.15, 0.2) is 18.9 Å². The summed E-state index contributed by atoms with van der Waals surface area (Å²) in [6, 6.07) is 23.3. The Hall–Kier alpha value is -2.53. The summed E-state index contributed by atoms with van der Waals surface area (Å²) in [4.78, 5) is 0. The third kappa shape index (κ3) is 5.59. The van der Waals surface area contributed by atoms with Gasteiger partial charge >= 0.3 is 0 Å². The number of azo groups is 1. The van der Waals surface area contributed by atoms with E-state index >= 15 is 0 Å². The number of ether oxygens (including phenoxy) is 1. The molecule has 0 saturated heterocycles. The van der Waals surface area contributed by atoms with Gasteiger partial charge in [-0.15, -0.1) is 0 Å². The second kappa shape index (κ2) is 9.57. The fourth-order valence-electron chi connectivity index (χ4n) is 2.07. The van der Waals surface area contributed by atoms with Crippen molar-refractivity contribution in [3.8, 4) is 5.75 Å². The van der Waals surface area contributed by atoms with Gasteiger partial charge in [-0.1, -0.05) is 24.3 Å². The molecule has 0 spiro atoms. The molecule has 0 aliphatic rings. The van der Waals surface area contributed by atoms with Crippen molar-refractivity contribution in [3.05, 3.63) is 85.2 Å². The van der Waals surface area contributed by atoms with E-state index in [0.29, 0.717) is 6.61 Å². The molecule has 0 N–H and O–H groups in total. The number of hydrogen-bond acceptors (Lipinski definition) is 3. The topological polar surface area (TPSA) is 37.8 Å². The van der Waals surface area contributed by atoms with Gasteiger partial charge < -0.3 is 21.7 Å². The first-order valence-corrected chi connectivity index (χ1v) is 7.54. The molecule has 0 fully saturated rings. The molecule has 24 heavy (non-hydrogen) atoms. The molecule has 4 nitrogen and oxygen atoms in total. The first-order chi connectivity index (χ1) is 11.4. The third-order valence-corrected chi connectivity index (χ3v) is 3.27. The second-order valence-corrected chi connectivity index (χ2v) is 4.99. The molecule has 0 radical (unpaired) electrons. The lowest BCUT2D eigenvalue weighted by Gasteiger charge is -2.04. The molecule has 3 aromatic rings. The van der Waals surface area contributed by atoms with Gasteiger partial charge in [-0.25, -0.2) is 4.57 Å². The Kier molecular flexibility index (Phi) is 7.11. The van der Waals surface area contributed by atoms with Crippen LogP contribution in [0.4, 0.5) is 11.4 Å². The summed E-state index contributed by atoms with van der Waals surface area (Å²) in [5.74, 6) is 0.834. The van der Waals surface area contributed by atoms with E-state index in [-0.39, 0.29) is 17.0 Å². The lowest BCUT2D eigenvalue weighted by molar-refractivity contribution is -0.697. The number of hydrogen-bond donors (Lipinski definition) is 0. The van der Waals surface area contributed by atoms with E-state index < -0.39 is 0 Å². The van der Waals surface area contributed by atoms with Crippen molar-refractivity contribution in [3.63, 3.8) is 0 Å². The molecule has 0 atom stereocenters. The molecule has 2 aromatic carbocycles. The highest BCUT2D eigenvalue weighted by atomic mass is 79.9. The van der Waals surface area contributed by atoms with Crippen LogP contribution in [-0.2, 0) is 6.54 Å². The summed E-state index contributed by atoms with van der Waals surface area (Å²) in [5, 5.41) is 8.40. The number of halogens is 1. The van der Waals surface area contributed by atoms with Crippen molar-refractivity contribution in [2.24, 2.45) is 10.2 Å². The first-order valence-electron chi connectivity index (χ1n) is 7.54. The van der Waals surface area contributed by atoms with E-state index in [4.69, 9.17) is 4.74 Å². The summed E-state index contributed by atoms with van der Waals surface area (Å²) < 4.78 is 7.82. The Balaban J connectivity index is 0.00000208. The van der Waals surface area contributed by atoms with Crippen LogP contribution < -0.4 is 26.3 Å². The Morgan fingerprint density at radius 3 is 1.96 bits per heavy atom. The SMILES string of the molecule is [Br-].c1ccc(N=Nc2ccc(OCC[n+]3ccccc3)cc2)cc1. The zero-order valence-corrected chi connectivity index (χ0v) is 14.7. The number of benzene rings is 2. The van der Waals surface area contributed by atoms with Gasteiger partial charge in [-0.2, -0.15) is 10.2 Å². The fourth-order valence-corrected chi connectivity index (χ4v) is 2.07. The summed E-state index contributed by atoms with van der Waals surface area (Å²) in [6.45, 7) is 1.44. The highest BCUT2D eigenvalue weighted by Crippen LogP contribution is 2.20. The van der Waals surface area contributed by atoms with Crippen LogP contribution in [0.25, 0.3) is 0 Å². The third-order valence-electron chi connectivity index (χ3n) is 3.27. The molecular formula is C19H18BrN3O. The normalized spacial score (nSPS) is 10.3. The van der Waals surface area contributed by atoms with Crippen LogP contribution in [0, 0.1) is 0 Å². The minimum atomic E-state index is 0. The number of pyridine rings is 1. The van der Waals surface area contributed by atoms with Gasteiger partial charge in [0, 0.05) is 12.1 Å². The zero-order chi connectivity index (χ0) is 15.7. The second-order valence-electron chi connectivity index (χ2n) is 4.99. The van der Waals surface area contributed by atoms with Crippen LogP contribution >= 0.6 is 0 Å². The van der Waals surface area contributed by atoms with Crippen molar-refractivity contribution in [1.29, 1.82) is 0 Å². The van der Waals surface area contributed by atoms with Crippen molar-refractivity contribution in [2.45, 2.75) is 6.54 Å². The van der Waals surface area contributed by atoms with Crippen LogP contribution in [0.5, 0.6) is 5.75 Å². The van der Waals surface area contributed by atoms with E-state index in [9.17, 15) is 0 Å². The summed E-state index contributed by atoms with van der Waals surface area (Å²) >= 11 is 0. The molecule has 5 heteroatoms. The van der Waals surface area contributed by atoms with Gasteiger partial charge in [0.1, 0.15) is 12.4 Å². The smallest absolute Gasteiger partial charge is 0.182 e. The molecule has 0 aliphatic carbocycles. The molecule has 0 bridgehead atoms. The lowest BCUT2D eigenvalue weighted by Crippen LogP contribution is -3.00. The van der Waals surface area contributed by atoms with E-state index in [1.54, 1.807) is 0 Å². The number of nitrogens with zero attached hydrogens (tertiary/aromatic N) is 3. The van der Waals surface area contributed by atoms with E-state index in [1.807, 2.05) is 85.2 Å². The molecule has 122 valence electrons. The molecule has 0 amide bonds. The van der Waals surface area contributed by atoms with Crippen LogP contribution in [-0.4, -0.2) is 6.61 Å². The number of aromatic nitrogens is 1. The molecule has 0 saturated carbocycles. The average Bonchev–Trinajstić information content (AvgIpc) is 2.63. The highest BCUT2D eigenvalue weighted by molar-refractivity contribution is 5.42. The Morgan fingerprint density at radius 1 is 0.708 bits per heavy atom. The first kappa shape index (κ1) is 17.8. The standard InChI is InChI=1S/C19H18N3O.BrH/c1-3-7-17(8-4-1)20-21-18-9-11-19(12-10-18)23-16-15-22-13-5-2-6-14-22;/h1-14H,15-16H2;1H/q+1;/p-1. The van der Waals surface area contributed by atoms with Gasteiger partial charge in [-0.05, 0) is 36.4 Å². The van der Waals surface area contributed by atoms with Gasteiger partial charge in [0.05, 0.1) is 11.4 Å². The van der Waals surface area contributed by atoms with E-state index in [0.717, 1.165) is 23.7 Å². The molecule has 3 rings (SSSR count). The van der Waals surface area contributed by atoms with Crippen molar-refractivity contribution >= 4 is 11.4 Å². The zero-order valence-electron chi connectivity index (χ0n) is 13.1. The maximum Gasteiger partial charge on any atom is 0.182 e. The Morgan fingerprint density at radius 2 is 1.29 bits per heavy atom. The van der Waals surface area contributed by atoms with Gasteiger partial charge in [0.25, 0.3) is 0 Å². The summed E-state index contributed by atoms with van der Waals surface area (Å²) in [6.07, 6.45) is 4.05. The highest BCUT2D eigenvalue weighted by Gasteiger charge is 1.99. The van der Waals surface area contributed by atoms with Crippen LogP contribution in [0.2, 0.25) is 0 Å². The van der Waals surface area contributed by atoms with Crippen LogP contribution in [0.3, 0.4) is 0 Å². The van der Waals surface area contributed by atoms with Crippen molar-refractivity contribution < 1.29 is 26.3 Å². The average molecular weight is 384 g/mol. The van der Waals surface area contributed by atoms with Gasteiger partial charge in [0.2, 0.25) is 0 Å². The maximum atomic E-state index is 5.73. The Labute approximate surface area is 152 Å². The van der Waals surface area contributed by atoms with Crippen LogP contribution in [0.1, 0.15) is 0 Å². The minimum absolute atomic E-state index is 0. The number of rotatable bonds is 6. The van der Waals surface area contributed by atoms with Crippen molar-refractivity contribution in [1.82, 2.24) is 0 Å². The Bertz CT molecular complexity index is 747. The van der Waals surface area contributed by atoms with Crippen LogP contribution in [0.15, 0.2) is 95.4 Å². The fraction of sp³-hybridized carbons (Fsp3) is 0.105.